The highest BCUT2D eigenvalue weighted by molar-refractivity contribution is 6.60. The van der Waals surface area contributed by atoms with E-state index in [0.717, 1.165) is 32.1 Å². The Balaban J connectivity index is 4.07. The molecule has 0 N–H and O–H groups in total. The molecule has 5 heteroatoms. The lowest BCUT2D eigenvalue weighted by Crippen LogP contribution is -2.43. The van der Waals surface area contributed by atoms with Gasteiger partial charge in [-0.1, -0.05) is 12.2 Å². The van der Waals surface area contributed by atoms with E-state index in [9.17, 15) is 0 Å². The number of nitrogens with zero attached hydrogens (tertiary/aromatic N) is 1. The average Bonchev–Trinajstić information content (AvgIpc) is 2.36. The Bertz CT molecular complexity index is 202. The van der Waals surface area contributed by atoms with Gasteiger partial charge in [0.25, 0.3) is 0 Å². The lowest BCUT2D eigenvalue weighted by atomic mass is 10.4. The highest BCUT2D eigenvalue weighted by atomic mass is 28.4. The molecule has 0 unspecified atom stereocenters. The smallest absolute Gasteiger partial charge is 0.377 e. The quantitative estimate of drug-likeness (QED) is 0.419. The molecule has 0 atom stereocenters. The van der Waals surface area contributed by atoms with Crippen LogP contribution >= 0.6 is 0 Å². The molecule has 0 fully saturated rings. The van der Waals surface area contributed by atoms with Crippen molar-refractivity contribution >= 4 is 8.80 Å². The Morgan fingerprint density at radius 3 is 1.82 bits per heavy atom. The third kappa shape index (κ3) is 6.14. The Morgan fingerprint density at radius 1 is 1.00 bits per heavy atom. The Morgan fingerprint density at radius 2 is 1.47 bits per heavy atom. The lowest BCUT2D eigenvalue weighted by molar-refractivity contribution is 0.122. The predicted molar refractivity (Wildman–Crippen MR) is 73.0 cm³/mol. The maximum atomic E-state index is 5.37. The second-order valence-corrected chi connectivity index (χ2v) is 6.83. The first-order chi connectivity index (χ1) is 8.17. The lowest BCUT2D eigenvalue weighted by Gasteiger charge is -2.26. The molecule has 0 saturated heterocycles. The normalized spacial score (nSPS) is 11.8. The molecule has 100 valence electrons. The zero-order chi connectivity index (χ0) is 13.1. The number of rotatable bonds is 11. The van der Waals surface area contributed by atoms with E-state index < -0.39 is 8.80 Å². The van der Waals surface area contributed by atoms with Crippen LogP contribution in [0.15, 0.2) is 25.3 Å². The van der Waals surface area contributed by atoms with E-state index in [2.05, 4.69) is 18.1 Å². The van der Waals surface area contributed by atoms with Crippen molar-refractivity contribution in [2.45, 2.75) is 12.5 Å². The van der Waals surface area contributed by atoms with Crippen LogP contribution in [0.1, 0.15) is 6.42 Å². The van der Waals surface area contributed by atoms with Gasteiger partial charge in [-0.2, -0.15) is 0 Å². The second-order valence-electron chi connectivity index (χ2n) is 3.74. The van der Waals surface area contributed by atoms with Gasteiger partial charge in [0.1, 0.15) is 0 Å². The van der Waals surface area contributed by atoms with Crippen molar-refractivity contribution < 1.29 is 13.3 Å². The van der Waals surface area contributed by atoms with Crippen molar-refractivity contribution in [2.75, 3.05) is 41.0 Å². The summed E-state index contributed by atoms with van der Waals surface area (Å²) in [5.74, 6) is 0. The summed E-state index contributed by atoms with van der Waals surface area (Å²) in [4.78, 5) is 2.26. The maximum Gasteiger partial charge on any atom is 0.500 e. The zero-order valence-electron chi connectivity index (χ0n) is 11.3. The molecule has 0 amide bonds. The molecule has 0 aliphatic carbocycles. The zero-order valence-corrected chi connectivity index (χ0v) is 12.3. The summed E-state index contributed by atoms with van der Waals surface area (Å²) in [7, 11) is 2.52. The summed E-state index contributed by atoms with van der Waals surface area (Å²) in [6.07, 6.45) is 4.78. The summed E-state index contributed by atoms with van der Waals surface area (Å²) >= 11 is 0. The molecule has 0 bridgehead atoms. The van der Waals surface area contributed by atoms with Crippen molar-refractivity contribution in [3.63, 3.8) is 0 Å². The van der Waals surface area contributed by atoms with E-state index in [0.29, 0.717) is 0 Å². The molecule has 0 aliphatic rings. The van der Waals surface area contributed by atoms with Crippen LogP contribution in [-0.4, -0.2) is 54.7 Å². The van der Waals surface area contributed by atoms with Gasteiger partial charge in [-0.15, -0.1) is 13.2 Å². The minimum Gasteiger partial charge on any atom is -0.377 e. The summed E-state index contributed by atoms with van der Waals surface area (Å²) in [6.45, 7) is 10.2. The van der Waals surface area contributed by atoms with E-state index in [4.69, 9.17) is 13.3 Å². The van der Waals surface area contributed by atoms with E-state index in [1.165, 1.54) is 0 Å². The highest BCUT2D eigenvalue weighted by Crippen LogP contribution is 2.15. The second kappa shape index (κ2) is 9.56. The van der Waals surface area contributed by atoms with Crippen molar-refractivity contribution in [1.82, 2.24) is 4.90 Å². The van der Waals surface area contributed by atoms with E-state index >= 15 is 0 Å². The van der Waals surface area contributed by atoms with Gasteiger partial charge in [-0.25, -0.2) is 0 Å². The third-order valence-corrected chi connectivity index (χ3v) is 5.50. The van der Waals surface area contributed by atoms with Gasteiger partial charge in [0.05, 0.1) is 0 Å². The van der Waals surface area contributed by atoms with Crippen LogP contribution in [0.4, 0.5) is 0 Å². The van der Waals surface area contributed by atoms with Crippen molar-refractivity contribution in [3.8, 4) is 0 Å². The van der Waals surface area contributed by atoms with Crippen LogP contribution in [0.25, 0.3) is 0 Å². The van der Waals surface area contributed by atoms with Crippen molar-refractivity contribution in [2.24, 2.45) is 0 Å². The number of hydrogen-bond donors (Lipinski definition) is 0. The fourth-order valence-electron chi connectivity index (χ4n) is 1.70. The number of hydrogen-bond acceptors (Lipinski definition) is 4. The van der Waals surface area contributed by atoms with Gasteiger partial charge in [0.15, 0.2) is 0 Å². The minimum absolute atomic E-state index is 0.821. The van der Waals surface area contributed by atoms with Crippen molar-refractivity contribution in [3.05, 3.63) is 25.3 Å². The van der Waals surface area contributed by atoms with Gasteiger partial charge in [0.2, 0.25) is 0 Å². The SMILES string of the molecule is C=CCN(CC=C)CCC[Si](OC)(OC)OC. The first kappa shape index (κ1) is 16.5. The van der Waals surface area contributed by atoms with Gasteiger partial charge < -0.3 is 13.3 Å². The third-order valence-electron chi connectivity index (χ3n) is 2.66. The molecule has 0 spiro atoms. The minimum atomic E-state index is -2.41. The Kier molecular flexibility index (Phi) is 9.29. The van der Waals surface area contributed by atoms with Crippen LogP contribution in [0, 0.1) is 0 Å². The fraction of sp³-hybridized carbons (Fsp3) is 0.667. The molecule has 0 saturated carbocycles. The molecule has 0 aromatic heterocycles. The van der Waals surface area contributed by atoms with Gasteiger partial charge in [-0.05, 0) is 13.0 Å². The van der Waals surface area contributed by atoms with Crippen molar-refractivity contribution in [1.29, 1.82) is 0 Å². The predicted octanol–water partition coefficient (Wildman–Crippen LogP) is 1.93. The van der Waals surface area contributed by atoms with Crippen LogP contribution in [0.3, 0.4) is 0 Å². The van der Waals surface area contributed by atoms with Gasteiger partial charge in [-0.3, -0.25) is 4.90 Å². The van der Waals surface area contributed by atoms with E-state index in [-0.39, 0.29) is 0 Å². The fourth-order valence-corrected chi connectivity index (χ4v) is 3.40. The highest BCUT2D eigenvalue weighted by Gasteiger charge is 2.36. The molecule has 0 heterocycles. The molecular weight excluding hydrogens is 234 g/mol. The monoisotopic (exact) mass is 259 g/mol. The molecule has 0 rings (SSSR count). The average molecular weight is 259 g/mol. The van der Waals surface area contributed by atoms with E-state index in [1.54, 1.807) is 21.3 Å². The molecule has 0 radical (unpaired) electrons. The molecule has 0 aromatic carbocycles. The largest absolute Gasteiger partial charge is 0.500 e. The van der Waals surface area contributed by atoms with Crippen LogP contribution in [0.5, 0.6) is 0 Å². The van der Waals surface area contributed by atoms with Crippen LogP contribution in [-0.2, 0) is 13.3 Å². The first-order valence-corrected chi connectivity index (χ1v) is 7.70. The Hall–Kier alpha value is -0.463. The molecule has 0 aliphatic heterocycles. The van der Waals surface area contributed by atoms with Gasteiger partial charge in [0, 0.05) is 40.5 Å². The maximum absolute atomic E-state index is 5.37. The molecular formula is C12H25NO3Si. The van der Waals surface area contributed by atoms with Crippen LogP contribution < -0.4 is 0 Å². The first-order valence-electron chi connectivity index (χ1n) is 5.77. The summed E-state index contributed by atoms with van der Waals surface area (Å²) in [6, 6.07) is 0.821. The summed E-state index contributed by atoms with van der Waals surface area (Å²) in [5.41, 5.74) is 0. The standard InChI is InChI=1S/C12H25NO3Si/c1-6-9-13(10-7-2)11-8-12-17(14-3,15-4)16-5/h6-7H,1-2,8-12H2,3-5H3. The summed E-state index contributed by atoms with van der Waals surface area (Å²) in [5, 5.41) is 0. The topological polar surface area (TPSA) is 30.9 Å². The molecule has 17 heavy (non-hydrogen) atoms. The molecule has 4 nitrogen and oxygen atoms in total. The Labute approximate surface area is 106 Å². The van der Waals surface area contributed by atoms with Gasteiger partial charge >= 0.3 is 8.80 Å². The summed E-state index contributed by atoms with van der Waals surface area (Å²) < 4.78 is 16.1. The van der Waals surface area contributed by atoms with E-state index in [1.807, 2.05) is 12.2 Å². The van der Waals surface area contributed by atoms with Crippen LogP contribution in [0.2, 0.25) is 6.04 Å². The molecule has 0 aromatic rings.